The summed E-state index contributed by atoms with van der Waals surface area (Å²) in [5, 5.41) is 10.8. The number of nitro benzene ring substituents is 1. The van der Waals surface area contributed by atoms with Crippen LogP contribution in [0.15, 0.2) is 29.3 Å². The molecule has 0 fully saturated rings. The number of hydrogen-bond acceptors (Lipinski definition) is 4. The average Bonchev–Trinajstić information content (AvgIpc) is 2.26. The molecule has 16 heavy (non-hydrogen) atoms. The smallest absolute Gasteiger partial charge is 0.338 e. The van der Waals surface area contributed by atoms with E-state index in [1.54, 1.807) is 6.07 Å². The quantitative estimate of drug-likeness (QED) is 0.370. The Morgan fingerprint density at radius 2 is 2.19 bits per heavy atom. The summed E-state index contributed by atoms with van der Waals surface area (Å²) in [7, 11) is 1.19. The fraction of sp³-hybridized carbons (Fsp3) is 0.100. The molecule has 0 aliphatic carbocycles. The zero-order valence-corrected chi connectivity index (χ0v) is 9.98. The van der Waals surface area contributed by atoms with E-state index in [2.05, 4.69) is 27.2 Å². The third-order valence-electron chi connectivity index (χ3n) is 1.91. The highest BCUT2D eigenvalue weighted by molar-refractivity contribution is 9.10. The molecule has 1 aromatic carbocycles. The lowest BCUT2D eigenvalue weighted by molar-refractivity contribution is -0.385. The Labute approximate surface area is 100.0 Å². The van der Waals surface area contributed by atoms with Crippen molar-refractivity contribution in [1.82, 2.24) is 0 Å². The van der Waals surface area contributed by atoms with Gasteiger partial charge in [-0.05, 0) is 12.1 Å². The van der Waals surface area contributed by atoms with Gasteiger partial charge in [0.15, 0.2) is 0 Å². The fourth-order valence-corrected chi connectivity index (χ4v) is 1.49. The minimum Gasteiger partial charge on any atom is -0.465 e. The predicted octanol–water partition coefficient (Wildman–Crippen LogP) is 2.54. The monoisotopic (exact) mass is 285 g/mol. The first-order chi connectivity index (χ1) is 7.47. The van der Waals surface area contributed by atoms with Crippen molar-refractivity contribution in [3.63, 3.8) is 0 Å². The van der Waals surface area contributed by atoms with Crippen molar-refractivity contribution in [2.75, 3.05) is 7.11 Å². The van der Waals surface area contributed by atoms with E-state index in [1.165, 1.54) is 19.2 Å². The SMILES string of the molecule is C=C(C(=O)OC)c1ccc(Br)cc1[N+](=O)[O-]. The van der Waals surface area contributed by atoms with Crippen LogP contribution in [0.1, 0.15) is 5.56 Å². The number of halogens is 1. The summed E-state index contributed by atoms with van der Waals surface area (Å²) in [5.41, 5.74) is -0.0773. The molecule has 0 N–H and O–H groups in total. The van der Waals surface area contributed by atoms with Gasteiger partial charge in [0.05, 0.1) is 23.2 Å². The number of nitro groups is 1. The number of carbonyl (C=O) groups excluding carboxylic acids is 1. The Kier molecular flexibility index (Phi) is 3.78. The van der Waals surface area contributed by atoms with Crippen molar-refractivity contribution in [2.45, 2.75) is 0 Å². The van der Waals surface area contributed by atoms with Crippen LogP contribution in [0.5, 0.6) is 0 Å². The number of carbonyl (C=O) groups is 1. The highest BCUT2D eigenvalue weighted by atomic mass is 79.9. The number of nitrogens with zero attached hydrogens (tertiary/aromatic N) is 1. The summed E-state index contributed by atoms with van der Waals surface area (Å²) >= 11 is 3.12. The molecule has 0 aliphatic rings. The molecule has 0 atom stereocenters. The van der Waals surface area contributed by atoms with Gasteiger partial charge in [0.2, 0.25) is 0 Å². The highest BCUT2D eigenvalue weighted by Crippen LogP contribution is 2.28. The molecule has 0 aliphatic heterocycles. The third-order valence-corrected chi connectivity index (χ3v) is 2.41. The van der Waals surface area contributed by atoms with Crippen LogP contribution in [0, 0.1) is 10.1 Å². The Morgan fingerprint density at radius 3 is 2.69 bits per heavy atom. The number of esters is 1. The van der Waals surface area contributed by atoms with Crippen LogP contribution in [-0.2, 0) is 9.53 Å². The molecule has 0 radical (unpaired) electrons. The minimum absolute atomic E-state index is 0.0401. The van der Waals surface area contributed by atoms with Crippen molar-refractivity contribution >= 4 is 33.2 Å². The molecule has 0 amide bonds. The highest BCUT2D eigenvalue weighted by Gasteiger charge is 2.20. The first-order valence-corrected chi connectivity index (χ1v) is 4.98. The zero-order valence-electron chi connectivity index (χ0n) is 8.40. The summed E-state index contributed by atoms with van der Waals surface area (Å²) in [5.74, 6) is -0.689. The Balaban J connectivity index is 3.28. The van der Waals surface area contributed by atoms with Gasteiger partial charge in [0.25, 0.3) is 5.69 Å². The van der Waals surface area contributed by atoms with Crippen LogP contribution in [0.2, 0.25) is 0 Å². The van der Waals surface area contributed by atoms with Crippen molar-refractivity contribution < 1.29 is 14.5 Å². The largest absolute Gasteiger partial charge is 0.465 e. The van der Waals surface area contributed by atoms with E-state index in [-0.39, 0.29) is 16.8 Å². The summed E-state index contributed by atoms with van der Waals surface area (Å²) in [4.78, 5) is 21.4. The van der Waals surface area contributed by atoms with Gasteiger partial charge in [-0.15, -0.1) is 0 Å². The predicted molar refractivity (Wildman–Crippen MR) is 61.8 cm³/mol. The topological polar surface area (TPSA) is 69.4 Å². The number of benzene rings is 1. The van der Waals surface area contributed by atoms with Crippen molar-refractivity contribution in [3.05, 3.63) is 44.9 Å². The molecule has 0 heterocycles. The first kappa shape index (κ1) is 12.4. The van der Waals surface area contributed by atoms with Crippen LogP contribution in [0.25, 0.3) is 5.57 Å². The second-order valence-electron chi connectivity index (χ2n) is 2.89. The lowest BCUT2D eigenvalue weighted by atomic mass is 10.1. The van der Waals surface area contributed by atoms with Crippen LogP contribution in [0.4, 0.5) is 5.69 Å². The van der Waals surface area contributed by atoms with Gasteiger partial charge < -0.3 is 4.74 Å². The summed E-state index contributed by atoms with van der Waals surface area (Å²) in [6.07, 6.45) is 0. The van der Waals surface area contributed by atoms with Crippen LogP contribution in [-0.4, -0.2) is 18.0 Å². The Bertz CT molecular complexity index is 470. The van der Waals surface area contributed by atoms with E-state index in [0.29, 0.717) is 4.47 Å². The zero-order chi connectivity index (χ0) is 12.3. The summed E-state index contributed by atoms with van der Waals surface area (Å²) in [6.45, 7) is 3.47. The molecule has 0 unspecified atom stereocenters. The van der Waals surface area contributed by atoms with Gasteiger partial charge in [-0.25, -0.2) is 4.79 Å². The molecule has 0 aromatic heterocycles. The number of rotatable bonds is 3. The van der Waals surface area contributed by atoms with Gasteiger partial charge in [-0.3, -0.25) is 10.1 Å². The molecule has 5 nitrogen and oxygen atoms in total. The van der Waals surface area contributed by atoms with Gasteiger partial charge in [-0.2, -0.15) is 0 Å². The molecular formula is C10H8BrNO4. The summed E-state index contributed by atoms with van der Waals surface area (Å²) in [6, 6.07) is 4.35. The standard InChI is InChI=1S/C10H8BrNO4/c1-6(10(13)16-2)8-4-3-7(11)5-9(8)12(14)15/h3-5H,1H2,2H3. The molecule has 0 spiro atoms. The second kappa shape index (κ2) is 4.89. The molecule has 1 rings (SSSR count). The van der Waals surface area contributed by atoms with Gasteiger partial charge >= 0.3 is 5.97 Å². The Morgan fingerprint density at radius 1 is 1.56 bits per heavy atom. The molecule has 84 valence electrons. The van der Waals surface area contributed by atoms with Crippen molar-refractivity contribution in [2.24, 2.45) is 0 Å². The van der Waals surface area contributed by atoms with Gasteiger partial charge in [-0.1, -0.05) is 22.5 Å². The van der Waals surface area contributed by atoms with Crippen molar-refractivity contribution in [3.8, 4) is 0 Å². The average molecular weight is 286 g/mol. The van der Waals surface area contributed by atoms with E-state index < -0.39 is 10.9 Å². The lowest BCUT2D eigenvalue weighted by Gasteiger charge is -2.04. The molecular weight excluding hydrogens is 278 g/mol. The van der Waals surface area contributed by atoms with E-state index in [4.69, 9.17) is 0 Å². The maximum atomic E-state index is 11.2. The molecule has 0 saturated carbocycles. The third kappa shape index (κ3) is 2.46. The minimum atomic E-state index is -0.689. The van der Waals surface area contributed by atoms with E-state index in [1.807, 2.05) is 0 Å². The number of methoxy groups -OCH3 is 1. The van der Waals surface area contributed by atoms with Gasteiger partial charge in [0, 0.05) is 10.5 Å². The van der Waals surface area contributed by atoms with E-state index in [9.17, 15) is 14.9 Å². The lowest BCUT2D eigenvalue weighted by Crippen LogP contribution is -2.05. The van der Waals surface area contributed by atoms with Crippen LogP contribution < -0.4 is 0 Å². The number of hydrogen-bond donors (Lipinski definition) is 0. The normalized spacial score (nSPS) is 9.62. The second-order valence-corrected chi connectivity index (χ2v) is 3.80. The molecule has 0 saturated heterocycles. The fourth-order valence-electron chi connectivity index (χ4n) is 1.14. The molecule has 1 aromatic rings. The molecule has 6 heteroatoms. The Hall–Kier alpha value is -1.69. The number of ether oxygens (including phenoxy) is 1. The van der Waals surface area contributed by atoms with Crippen LogP contribution >= 0.6 is 15.9 Å². The van der Waals surface area contributed by atoms with Gasteiger partial charge in [0.1, 0.15) is 0 Å². The summed E-state index contributed by atoms with van der Waals surface area (Å²) < 4.78 is 5.01. The van der Waals surface area contributed by atoms with Crippen molar-refractivity contribution in [1.29, 1.82) is 0 Å². The van der Waals surface area contributed by atoms with E-state index in [0.717, 1.165) is 0 Å². The van der Waals surface area contributed by atoms with Crippen LogP contribution in [0.3, 0.4) is 0 Å². The molecule has 0 bridgehead atoms. The first-order valence-electron chi connectivity index (χ1n) is 4.19. The maximum Gasteiger partial charge on any atom is 0.338 e. The maximum absolute atomic E-state index is 11.2. The van der Waals surface area contributed by atoms with E-state index >= 15 is 0 Å².